The van der Waals surface area contributed by atoms with Gasteiger partial charge in [-0.25, -0.2) is 0 Å². The van der Waals surface area contributed by atoms with E-state index in [1.807, 2.05) is 30.3 Å². The largest absolute Gasteiger partial charge is 0.350 e. The maximum atomic E-state index is 12.5. The molecule has 0 saturated carbocycles. The van der Waals surface area contributed by atoms with E-state index in [2.05, 4.69) is 5.32 Å². The monoisotopic (exact) mass is 378 g/mol. The van der Waals surface area contributed by atoms with E-state index in [0.717, 1.165) is 11.1 Å². The molecule has 0 aromatic heterocycles. The number of carbonyl (C=O) groups is 2. The Labute approximate surface area is 157 Å². The Morgan fingerprint density at radius 3 is 2.40 bits per heavy atom. The molecule has 1 atom stereocenters. The first-order chi connectivity index (χ1) is 11.9. The normalized spacial score (nSPS) is 11.7. The van der Waals surface area contributed by atoms with E-state index >= 15 is 0 Å². The fourth-order valence-corrected chi connectivity index (χ4v) is 2.91. The lowest BCUT2D eigenvalue weighted by atomic mass is 10.1. The molecular formula is C19H20Cl2N2O2. The average molecular weight is 379 g/mol. The predicted molar refractivity (Wildman–Crippen MR) is 100 cm³/mol. The van der Waals surface area contributed by atoms with Crippen LogP contribution in [-0.4, -0.2) is 22.8 Å². The Balaban J connectivity index is 2.01. The molecule has 6 heteroatoms. The van der Waals surface area contributed by atoms with E-state index in [1.54, 1.807) is 25.1 Å². The minimum Gasteiger partial charge on any atom is -0.350 e. The first-order valence-electron chi connectivity index (χ1n) is 7.91. The average Bonchev–Trinajstić information content (AvgIpc) is 2.58. The summed E-state index contributed by atoms with van der Waals surface area (Å²) >= 11 is 12.0. The van der Waals surface area contributed by atoms with Crippen LogP contribution < -0.4 is 5.32 Å². The van der Waals surface area contributed by atoms with E-state index in [1.165, 1.54) is 11.8 Å². The van der Waals surface area contributed by atoms with Crippen LogP contribution in [0.1, 0.15) is 25.0 Å². The quantitative estimate of drug-likeness (QED) is 0.823. The third kappa shape index (κ3) is 5.48. The Hall–Kier alpha value is -2.04. The molecule has 0 bridgehead atoms. The maximum Gasteiger partial charge on any atom is 0.242 e. The second-order valence-electron chi connectivity index (χ2n) is 5.76. The van der Waals surface area contributed by atoms with Crippen molar-refractivity contribution in [3.8, 4) is 0 Å². The summed E-state index contributed by atoms with van der Waals surface area (Å²) < 4.78 is 0. The van der Waals surface area contributed by atoms with Crippen molar-refractivity contribution in [3.05, 3.63) is 69.7 Å². The predicted octanol–water partition coefficient (Wildman–Crippen LogP) is 4.05. The van der Waals surface area contributed by atoms with Gasteiger partial charge < -0.3 is 10.2 Å². The van der Waals surface area contributed by atoms with E-state index < -0.39 is 6.04 Å². The fraction of sp³-hybridized carbons (Fsp3) is 0.263. The molecule has 2 amide bonds. The summed E-state index contributed by atoms with van der Waals surface area (Å²) in [6, 6.07) is 14.1. The van der Waals surface area contributed by atoms with Crippen LogP contribution in [-0.2, 0) is 22.7 Å². The molecule has 2 aromatic carbocycles. The first-order valence-corrected chi connectivity index (χ1v) is 8.67. The van der Waals surface area contributed by atoms with Crippen LogP contribution in [0.5, 0.6) is 0 Å². The molecule has 0 aliphatic rings. The van der Waals surface area contributed by atoms with Gasteiger partial charge in [-0.15, -0.1) is 0 Å². The molecule has 2 aromatic rings. The summed E-state index contributed by atoms with van der Waals surface area (Å²) in [4.78, 5) is 26.0. The van der Waals surface area contributed by atoms with Gasteiger partial charge in [0.1, 0.15) is 6.04 Å². The summed E-state index contributed by atoms with van der Waals surface area (Å²) in [7, 11) is 0. The van der Waals surface area contributed by atoms with Crippen molar-refractivity contribution in [3.63, 3.8) is 0 Å². The number of amides is 2. The van der Waals surface area contributed by atoms with Gasteiger partial charge >= 0.3 is 0 Å². The molecule has 132 valence electrons. The van der Waals surface area contributed by atoms with Crippen LogP contribution in [0, 0.1) is 0 Å². The number of carbonyl (C=O) groups excluding carboxylic acids is 2. The number of halogens is 2. The number of nitrogens with zero attached hydrogens (tertiary/aromatic N) is 1. The van der Waals surface area contributed by atoms with Crippen LogP contribution >= 0.6 is 23.2 Å². The van der Waals surface area contributed by atoms with Crippen molar-refractivity contribution in [1.82, 2.24) is 10.2 Å². The van der Waals surface area contributed by atoms with Crippen molar-refractivity contribution in [2.75, 3.05) is 0 Å². The van der Waals surface area contributed by atoms with E-state index in [0.29, 0.717) is 16.6 Å². The first kappa shape index (κ1) is 19.3. The molecule has 0 heterocycles. The lowest BCUT2D eigenvalue weighted by Crippen LogP contribution is -2.46. The molecule has 2 rings (SSSR count). The summed E-state index contributed by atoms with van der Waals surface area (Å²) in [6.45, 7) is 3.83. The highest BCUT2D eigenvalue weighted by molar-refractivity contribution is 6.35. The third-order valence-corrected chi connectivity index (χ3v) is 4.50. The summed E-state index contributed by atoms with van der Waals surface area (Å²) in [5.74, 6) is -0.395. The molecule has 4 nitrogen and oxygen atoms in total. The van der Waals surface area contributed by atoms with Crippen molar-refractivity contribution >= 4 is 35.0 Å². The van der Waals surface area contributed by atoms with E-state index in [-0.39, 0.29) is 18.4 Å². The van der Waals surface area contributed by atoms with Gasteiger partial charge in [0.15, 0.2) is 0 Å². The Morgan fingerprint density at radius 1 is 1.12 bits per heavy atom. The number of hydrogen-bond donors (Lipinski definition) is 1. The molecule has 0 spiro atoms. The Bertz CT molecular complexity index is 750. The Kier molecular flexibility index (Phi) is 6.85. The summed E-state index contributed by atoms with van der Waals surface area (Å²) in [5, 5.41) is 3.85. The van der Waals surface area contributed by atoms with E-state index in [4.69, 9.17) is 23.2 Å². The van der Waals surface area contributed by atoms with Crippen LogP contribution in [0.15, 0.2) is 48.5 Å². The highest BCUT2D eigenvalue weighted by atomic mass is 35.5. The van der Waals surface area contributed by atoms with Gasteiger partial charge in [-0.1, -0.05) is 59.6 Å². The molecular weight excluding hydrogens is 359 g/mol. The van der Waals surface area contributed by atoms with Crippen molar-refractivity contribution in [2.45, 2.75) is 33.0 Å². The standard InChI is InChI=1S/C19H20Cl2N2O2/c1-13(23(14(2)24)12-15-6-4-3-5-7-15)19(25)22-11-16-8-9-17(20)10-18(16)21/h3-10,13H,11-12H2,1-2H3,(H,22,25)/t13-/m1/s1. The van der Waals surface area contributed by atoms with Crippen molar-refractivity contribution in [1.29, 1.82) is 0 Å². The minimum atomic E-state index is -0.594. The van der Waals surface area contributed by atoms with Crippen LogP contribution in [0.4, 0.5) is 0 Å². The number of nitrogens with one attached hydrogen (secondary N) is 1. The molecule has 0 unspecified atom stereocenters. The molecule has 0 saturated heterocycles. The van der Waals surface area contributed by atoms with Gasteiger partial charge in [-0.2, -0.15) is 0 Å². The van der Waals surface area contributed by atoms with Gasteiger partial charge in [0.05, 0.1) is 0 Å². The summed E-state index contributed by atoms with van der Waals surface area (Å²) in [5.41, 5.74) is 1.74. The lowest BCUT2D eigenvalue weighted by molar-refractivity contribution is -0.139. The van der Waals surface area contributed by atoms with Gasteiger partial charge in [0.25, 0.3) is 0 Å². The van der Waals surface area contributed by atoms with Crippen LogP contribution in [0.2, 0.25) is 10.0 Å². The third-order valence-electron chi connectivity index (χ3n) is 3.92. The number of benzene rings is 2. The number of hydrogen-bond acceptors (Lipinski definition) is 2. The maximum absolute atomic E-state index is 12.5. The topological polar surface area (TPSA) is 49.4 Å². The second-order valence-corrected chi connectivity index (χ2v) is 6.61. The Morgan fingerprint density at radius 2 is 1.80 bits per heavy atom. The molecule has 0 radical (unpaired) electrons. The van der Waals surface area contributed by atoms with Crippen molar-refractivity contribution < 1.29 is 9.59 Å². The molecule has 0 fully saturated rings. The molecule has 1 N–H and O–H groups in total. The van der Waals surface area contributed by atoms with Crippen molar-refractivity contribution in [2.24, 2.45) is 0 Å². The highest BCUT2D eigenvalue weighted by Gasteiger charge is 2.23. The lowest BCUT2D eigenvalue weighted by Gasteiger charge is -2.27. The zero-order valence-electron chi connectivity index (χ0n) is 14.1. The second kappa shape index (κ2) is 8.88. The van der Waals surface area contributed by atoms with Crippen LogP contribution in [0.3, 0.4) is 0 Å². The van der Waals surface area contributed by atoms with Gasteiger partial charge in [-0.05, 0) is 30.2 Å². The zero-order chi connectivity index (χ0) is 18.4. The molecule has 0 aliphatic carbocycles. The highest BCUT2D eigenvalue weighted by Crippen LogP contribution is 2.20. The fourth-order valence-electron chi connectivity index (χ4n) is 2.44. The minimum absolute atomic E-state index is 0.156. The summed E-state index contributed by atoms with van der Waals surface area (Å²) in [6.07, 6.45) is 0. The van der Waals surface area contributed by atoms with Gasteiger partial charge in [0, 0.05) is 30.1 Å². The molecule has 25 heavy (non-hydrogen) atoms. The smallest absolute Gasteiger partial charge is 0.242 e. The zero-order valence-corrected chi connectivity index (χ0v) is 15.6. The van der Waals surface area contributed by atoms with E-state index in [9.17, 15) is 9.59 Å². The number of rotatable bonds is 6. The SMILES string of the molecule is CC(=O)N(Cc1ccccc1)[C@H](C)C(=O)NCc1ccc(Cl)cc1Cl. The van der Waals surface area contributed by atoms with Gasteiger partial charge in [-0.3, -0.25) is 9.59 Å². The van der Waals surface area contributed by atoms with Crippen LogP contribution in [0.25, 0.3) is 0 Å². The van der Waals surface area contributed by atoms with Gasteiger partial charge in [0.2, 0.25) is 11.8 Å². The molecule has 0 aliphatic heterocycles.